The van der Waals surface area contributed by atoms with E-state index in [0.717, 1.165) is 12.5 Å². The second-order valence-electron chi connectivity index (χ2n) is 6.07. The average molecular weight is 324 g/mol. The summed E-state index contributed by atoms with van der Waals surface area (Å²) in [5, 5.41) is 2.90. The Morgan fingerprint density at radius 1 is 1.35 bits per heavy atom. The lowest BCUT2D eigenvalue weighted by Gasteiger charge is -2.24. The van der Waals surface area contributed by atoms with Crippen molar-refractivity contribution >= 4 is 11.8 Å². The molecule has 1 fully saturated rings. The Balaban J connectivity index is 1.84. The number of carbonyl (C=O) groups excluding carboxylic acids is 2. The molecule has 0 spiro atoms. The van der Waals surface area contributed by atoms with Crippen LogP contribution in [0, 0.1) is 11.6 Å². The topological polar surface area (TPSA) is 49.4 Å². The van der Waals surface area contributed by atoms with Crippen LogP contribution in [0.1, 0.15) is 38.7 Å². The number of halogens is 2. The highest BCUT2D eigenvalue weighted by Crippen LogP contribution is 2.18. The first kappa shape index (κ1) is 17.4. The fourth-order valence-electron chi connectivity index (χ4n) is 2.91. The Morgan fingerprint density at radius 3 is 2.74 bits per heavy atom. The van der Waals surface area contributed by atoms with Crippen molar-refractivity contribution in [3.05, 3.63) is 35.4 Å². The number of hydrogen-bond acceptors (Lipinski definition) is 2. The van der Waals surface area contributed by atoms with Crippen LogP contribution in [0.15, 0.2) is 18.2 Å². The largest absolute Gasteiger partial charge is 0.352 e. The monoisotopic (exact) mass is 324 g/mol. The molecule has 0 radical (unpaired) electrons. The van der Waals surface area contributed by atoms with Gasteiger partial charge in [0, 0.05) is 19.5 Å². The fourth-order valence-corrected chi connectivity index (χ4v) is 2.91. The van der Waals surface area contributed by atoms with Gasteiger partial charge in [-0.3, -0.25) is 9.59 Å². The zero-order valence-electron chi connectivity index (χ0n) is 13.4. The Labute approximate surface area is 134 Å². The molecule has 0 unspecified atom stereocenters. The second-order valence-corrected chi connectivity index (χ2v) is 6.07. The molecule has 126 valence electrons. The molecule has 0 aliphatic carbocycles. The van der Waals surface area contributed by atoms with Crippen molar-refractivity contribution in [3.63, 3.8) is 0 Å². The number of amides is 2. The molecule has 1 heterocycles. The van der Waals surface area contributed by atoms with E-state index in [9.17, 15) is 18.4 Å². The van der Waals surface area contributed by atoms with Crippen LogP contribution in [0.5, 0.6) is 0 Å². The van der Waals surface area contributed by atoms with Gasteiger partial charge in [0.15, 0.2) is 11.6 Å². The molecule has 1 saturated heterocycles. The number of carbonyl (C=O) groups is 2. The van der Waals surface area contributed by atoms with Crippen LogP contribution in [0.25, 0.3) is 0 Å². The van der Waals surface area contributed by atoms with Crippen molar-refractivity contribution in [1.82, 2.24) is 10.2 Å². The van der Waals surface area contributed by atoms with Crippen molar-refractivity contribution in [1.29, 1.82) is 0 Å². The van der Waals surface area contributed by atoms with Gasteiger partial charge in [-0.2, -0.15) is 0 Å². The SMILES string of the molecule is CC(=O)N1CCC[C@H]1C(=O)N[C@H](C)CCc1ccc(F)c(F)c1. The van der Waals surface area contributed by atoms with Crippen LogP contribution in [-0.2, 0) is 16.0 Å². The lowest BCUT2D eigenvalue weighted by atomic mass is 10.1. The standard InChI is InChI=1S/C17H22F2N2O2/c1-11(5-6-13-7-8-14(18)15(19)10-13)20-17(23)16-4-3-9-21(16)12(2)22/h7-8,10-11,16H,3-6,9H2,1-2H3,(H,20,23)/t11-,16+/m1/s1. The first-order valence-electron chi connectivity index (χ1n) is 7.90. The van der Waals surface area contributed by atoms with Crippen LogP contribution in [-0.4, -0.2) is 35.3 Å². The maximum absolute atomic E-state index is 13.2. The van der Waals surface area contributed by atoms with E-state index < -0.39 is 17.7 Å². The van der Waals surface area contributed by atoms with Gasteiger partial charge < -0.3 is 10.2 Å². The summed E-state index contributed by atoms with van der Waals surface area (Å²) in [6.45, 7) is 3.96. The Hall–Kier alpha value is -1.98. The molecule has 4 nitrogen and oxygen atoms in total. The van der Waals surface area contributed by atoms with E-state index in [0.29, 0.717) is 31.4 Å². The molecule has 2 amide bonds. The van der Waals surface area contributed by atoms with Crippen LogP contribution in [0.2, 0.25) is 0 Å². The molecule has 1 aliphatic rings. The van der Waals surface area contributed by atoms with Crippen LogP contribution < -0.4 is 5.32 Å². The number of nitrogens with one attached hydrogen (secondary N) is 1. The third-order valence-electron chi connectivity index (χ3n) is 4.20. The van der Waals surface area contributed by atoms with Crippen molar-refractivity contribution in [3.8, 4) is 0 Å². The molecule has 6 heteroatoms. The number of nitrogens with zero attached hydrogens (tertiary/aromatic N) is 1. The molecule has 1 N–H and O–H groups in total. The van der Waals surface area contributed by atoms with Gasteiger partial charge >= 0.3 is 0 Å². The van der Waals surface area contributed by atoms with Crippen LogP contribution in [0.3, 0.4) is 0 Å². The molecular weight excluding hydrogens is 302 g/mol. The van der Waals surface area contributed by atoms with Crippen molar-refractivity contribution < 1.29 is 18.4 Å². The van der Waals surface area contributed by atoms with E-state index in [1.165, 1.54) is 13.0 Å². The Kier molecular flexibility index (Phi) is 5.69. The first-order chi connectivity index (χ1) is 10.9. The molecule has 2 atom stereocenters. The summed E-state index contributed by atoms with van der Waals surface area (Å²) >= 11 is 0. The predicted octanol–water partition coefficient (Wildman–Crippen LogP) is 2.41. The van der Waals surface area contributed by atoms with E-state index in [2.05, 4.69) is 5.32 Å². The minimum absolute atomic E-state index is 0.0860. The van der Waals surface area contributed by atoms with Gasteiger partial charge in [-0.1, -0.05) is 6.07 Å². The molecule has 23 heavy (non-hydrogen) atoms. The number of hydrogen-bond donors (Lipinski definition) is 1. The molecule has 1 aromatic carbocycles. The molecule has 0 bridgehead atoms. The molecular formula is C17H22F2N2O2. The molecule has 1 aliphatic heterocycles. The molecule has 0 aromatic heterocycles. The summed E-state index contributed by atoms with van der Waals surface area (Å²) in [6.07, 6.45) is 2.67. The lowest BCUT2D eigenvalue weighted by Crippen LogP contribution is -2.47. The maximum Gasteiger partial charge on any atom is 0.243 e. The maximum atomic E-state index is 13.2. The van der Waals surface area contributed by atoms with Crippen LogP contribution in [0.4, 0.5) is 8.78 Å². The minimum atomic E-state index is -0.861. The smallest absolute Gasteiger partial charge is 0.243 e. The highest BCUT2D eigenvalue weighted by Gasteiger charge is 2.32. The van der Waals surface area contributed by atoms with Gasteiger partial charge in [0.1, 0.15) is 6.04 Å². The highest BCUT2D eigenvalue weighted by molar-refractivity contribution is 5.87. The quantitative estimate of drug-likeness (QED) is 0.904. The average Bonchev–Trinajstić information content (AvgIpc) is 2.98. The minimum Gasteiger partial charge on any atom is -0.352 e. The molecule has 1 aromatic rings. The van der Waals surface area contributed by atoms with Gasteiger partial charge in [-0.05, 0) is 50.3 Å². The summed E-state index contributed by atoms with van der Waals surface area (Å²) in [5.41, 5.74) is 0.691. The zero-order chi connectivity index (χ0) is 17.0. The van der Waals surface area contributed by atoms with Gasteiger partial charge in [0.2, 0.25) is 11.8 Å². The Bertz CT molecular complexity index is 592. The number of aryl methyl sites for hydroxylation is 1. The van der Waals surface area contributed by atoms with Crippen molar-refractivity contribution in [2.24, 2.45) is 0 Å². The van der Waals surface area contributed by atoms with Gasteiger partial charge in [-0.25, -0.2) is 8.78 Å². The number of benzene rings is 1. The first-order valence-corrected chi connectivity index (χ1v) is 7.90. The van der Waals surface area contributed by atoms with E-state index in [-0.39, 0.29) is 17.9 Å². The second kappa shape index (κ2) is 7.53. The summed E-state index contributed by atoms with van der Waals surface area (Å²) in [4.78, 5) is 25.4. The number of rotatable bonds is 5. The van der Waals surface area contributed by atoms with E-state index in [1.54, 1.807) is 11.0 Å². The number of likely N-dealkylation sites (tertiary alicyclic amines) is 1. The lowest BCUT2D eigenvalue weighted by molar-refractivity contribution is -0.137. The van der Waals surface area contributed by atoms with Gasteiger partial charge in [-0.15, -0.1) is 0 Å². The Morgan fingerprint density at radius 2 is 2.09 bits per heavy atom. The highest BCUT2D eigenvalue weighted by atomic mass is 19.2. The van der Waals surface area contributed by atoms with E-state index >= 15 is 0 Å². The summed E-state index contributed by atoms with van der Waals surface area (Å²) in [7, 11) is 0. The van der Waals surface area contributed by atoms with Gasteiger partial charge in [0.05, 0.1) is 0 Å². The van der Waals surface area contributed by atoms with Crippen molar-refractivity contribution in [2.45, 2.75) is 51.6 Å². The molecule has 0 saturated carbocycles. The van der Waals surface area contributed by atoms with E-state index in [1.807, 2.05) is 6.92 Å². The summed E-state index contributed by atoms with van der Waals surface area (Å²) in [6, 6.07) is 3.33. The third-order valence-corrected chi connectivity index (χ3v) is 4.20. The van der Waals surface area contributed by atoms with Crippen molar-refractivity contribution in [2.75, 3.05) is 6.54 Å². The zero-order valence-corrected chi connectivity index (χ0v) is 13.4. The van der Waals surface area contributed by atoms with E-state index in [4.69, 9.17) is 0 Å². The van der Waals surface area contributed by atoms with Gasteiger partial charge in [0.25, 0.3) is 0 Å². The summed E-state index contributed by atoms with van der Waals surface area (Å²) in [5.74, 6) is -1.95. The normalized spacial score (nSPS) is 18.8. The third kappa shape index (κ3) is 4.50. The predicted molar refractivity (Wildman–Crippen MR) is 82.7 cm³/mol. The molecule has 2 rings (SSSR count). The van der Waals surface area contributed by atoms with Crippen LogP contribution >= 0.6 is 0 Å². The summed E-state index contributed by atoms with van der Waals surface area (Å²) < 4.78 is 26.0. The fraction of sp³-hybridized carbons (Fsp3) is 0.529.